The molecule has 0 spiro atoms. The summed E-state index contributed by atoms with van der Waals surface area (Å²) in [5, 5.41) is 4.89. The van der Waals surface area contributed by atoms with Crippen LogP contribution in [-0.2, 0) is 25.5 Å². The molecule has 0 saturated heterocycles. The molecule has 30 heavy (non-hydrogen) atoms. The number of esters is 1. The highest BCUT2D eigenvalue weighted by molar-refractivity contribution is 6.11. The van der Waals surface area contributed by atoms with Gasteiger partial charge in [-0.3, -0.25) is 29.4 Å². The molecule has 1 aromatic rings. The van der Waals surface area contributed by atoms with Gasteiger partial charge in [0.15, 0.2) is 6.10 Å². The van der Waals surface area contributed by atoms with Crippen molar-refractivity contribution in [2.75, 3.05) is 6.54 Å². The molecule has 9 heteroatoms. The third-order valence-corrected chi connectivity index (χ3v) is 5.28. The van der Waals surface area contributed by atoms with E-state index in [-0.39, 0.29) is 12.5 Å². The zero-order valence-electron chi connectivity index (χ0n) is 16.8. The van der Waals surface area contributed by atoms with Crippen molar-refractivity contribution >= 4 is 29.7 Å². The van der Waals surface area contributed by atoms with E-state index in [0.717, 1.165) is 37.0 Å². The minimum atomic E-state index is -1.25. The Hall–Kier alpha value is -3.23. The molecule has 1 aliphatic heterocycles. The van der Waals surface area contributed by atoms with Crippen LogP contribution >= 0.6 is 0 Å². The topological polar surface area (TPSA) is 122 Å². The van der Waals surface area contributed by atoms with E-state index in [1.165, 1.54) is 6.92 Å². The average molecular weight is 415 g/mol. The van der Waals surface area contributed by atoms with Gasteiger partial charge in [-0.2, -0.15) is 0 Å². The Morgan fingerprint density at radius 3 is 2.57 bits per heavy atom. The number of nitrogens with zero attached hydrogens (tertiary/aromatic N) is 1. The first-order valence-electron chi connectivity index (χ1n) is 10.1. The van der Waals surface area contributed by atoms with Crippen molar-refractivity contribution in [1.82, 2.24) is 15.5 Å². The zero-order valence-corrected chi connectivity index (χ0v) is 16.8. The lowest BCUT2D eigenvalue weighted by atomic mass is 9.96. The standard InChI is InChI=1S/C21H25N3O6/c1-13(19(27)23-21(29)22-15-8-3-2-4-9-15)30-18(26)12-24-17(25)11-14-7-5-6-10-16(14)20(24)28/h5-7,10,13,15H,2-4,8-9,11-12H2,1H3,(H2,22,23,27,29)/t13-/m1/s1. The molecule has 0 unspecified atom stereocenters. The number of imide groups is 2. The van der Waals surface area contributed by atoms with Gasteiger partial charge in [0.2, 0.25) is 5.91 Å². The van der Waals surface area contributed by atoms with Gasteiger partial charge in [-0.25, -0.2) is 4.79 Å². The minimum Gasteiger partial charge on any atom is -0.451 e. The Bertz CT molecular complexity index is 862. The number of hydrogen-bond acceptors (Lipinski definition) is 6. The van der Waals surface area contributed by atoms with Crippen LogP contribution in [-0.4, -0.2) is 53.3 Å². The molecule has 0 aromatic heterocycles. The summed E-state index contributed by atoms with van der Waals surface area (Å²) in [5.41, 5.74) is 0.962. The van der Waals surface area contributed by atoms with Crippen LogP contribution in [0.4, 0.5) is 4.79 Å². The van der Waals surface area contributed by atoms with E-state index in [2.05, 4.69) is 10.6 Å². The van der Waals surface area contributed by atoms with Crippen LogP contribution in [0.1, 0.15) is 54.9 Å². The van der Waals surface area contributed by atoms with Crippen molar-refractivity contribution in [2.45, 2.75) is 57.6 Å². The van der Waals surface area contributed by atoms with Gasteiger partial charge >= 0.3 is 12.0 Å². The Balaban J connectivity index is 1.49. The number of carbonyl (C=O) groups excluding carboxylic acids is 5. The number of hydrogen-bond donors (Lipinski definition) is 2. The highest BCUT2D eigenvalue weighted by Gasteiger charge is 2.33. The van der Waals surface area contributed by atoms with Crippen LogP contribution in [0.3, 0.4) is 0 Å². The maximum Gasteiger partial charge on any atom is 0.326 e. The maximum absolute atomic E-state index is 12.5. The molecule has 0 bridgehead atoms. The second-order valence-corrected chi connectivity index (χ2v) is 7.55. The number of benzene rings is 1. The fourth-order valence-electron chi connectivity index (χ4n) is 3.66. The Labute approximate surface area is 174 Å². The lowest BCUT2D eigenvalue weighted by Gasteiger charge is -2.26. The summed E-state index contributed by atoms with van der Waals surface area (Å²) in [5.74, 6) is -2.79. The lowest BCUT2D eigenvalue weighted by Crippen LogP contribution is -2.49. The molecule has 2 N–H and O–H groups in total. The van der Waals surface area contributed by atoms with E-state index in [1.807, 2.05) is 0 Å². The van der Waals surface area contributed by atoms with Crippen LogP contribution in [0.15, 0.2) is 24.3 Å². The normalized spacial score (nSPS) is 17.7. The van der Waals surface area contributed by atoms with Crippen molar-refractivity contribution < 1.29 is 28.7 Å². The molecule has 5 amide bonds. The number of ether oxygens (including phenoxy) is 1. The second-order valence-electron chi connectivity index (χ2n) is 7.55. The van der Waals surface area contributed by atoms with E-state index in [0.29, 0.717) is 11.1 Å². The second kappa shape index (κ2) is 9.51. The van der Waals surface area contributed by atoms with Gasteiger partial charge in [0, 0.05) is 11.6 Å². The molecular formula is C21H25N3O6. The third kappa shape index (κ3) is 5.22. The van der Waals surface area contributed by atoms with Gasteiger partial charge in [0.1, 0.15) is 6.54 Å². The van der Waals surface area contributed by atoms with Crippen LogP contribution in [0, 0.1) is 0 Å². The van der Waals surface area contributed by atoms with E-state index in [9.17, 15) is 24.0 Å². The molecule has 1 aliphatic carbocycles. The van der Waals surface area contributed by atoms with Crippen molar-refractivity contribution in [3.05, 3.63) is 35.4 Å². The summed E-state index contributed by atoms with van der Waals surface area (Å²) in [6.07, 6.45) is 3.69. The Morgan fingerprint density at radius 2 is 1.83 bits per heavy atom. The Kier molecular flexibility index (Phi) is 6.81. The first kappa shape index (κ1) is 21.5. The number of fused-ring (bicyclic) bond motifs is 1. The summed E-state index contributed by atoms with van der Waals surface area (Å²) in [7, 11) is 0. The van der Waals surface area contributed by atoms with E-state index < -0.39 is 42.4 Å². The number of urea groups is 1. The summed E-state index contributed by atoms with van der Waals surface area (Å²) < 4.78 is 5.01. The summed E-state index contributed by atoms with van der Waals surface area (Å²) in [4.78, 5) is 61.8. The summed E-state index contributed by atoms with van der Waals surface area (Å²) in [6.45, 7) is 0.716. The fraction of sp³-hybridized carbons (Fsp3) is 0.476. The zero-order chi connectivity index (χ0) is 21.7. The van der Waals surface area contributed by atoms with Gasteiger partial charge < -0.3 is 10.1 Å². The molecule has 0 radical (unpaired) electrons. The predicted octanol–water partition coefficient (Wildman–Crippen LogP) is 1.30. The molecule has 2 aliphatic rings. The molecule has 3 rings (SSSR count). The van der Waals surface area contributed by atoms with Crippen LogP contribution in [0.5, 0.6) is 0 Å². The molecule has 1 atom stereocenters. The van der Waals surface area contributed by atoms with Crippen molar-refractivity contribution in [3.8, 4) is 0 Å². The van der Waals surface area contributed by atoms with Gasteiger partial charge in [0.05, 0.1) is 6.42 Å². The molecule has 1 aromatic carbocycles. The lowest BCUT2D eigenvalue weighted by molar-refractivity contribution is -0.156. The minimum absolute atomic E-state index is 0.00652. The third-order valence-electron chi connectivity index (χ3n) is 5.28. The molecule has 9 nitrogen and oxygen atoms in total. The van der Waals surface area contributed by atoms with Crippen LogP contribution in [0.2, 0.25) is 0 Å². The molecule has 1 saturated carbocycles. The molecule has 1 heterocycles. The van der Waals surface area contributed by atoms with E-state index in [1.54, 1.807) is 24.3 Å². The van der Waals surface area contributed by atoms with Crippen LogP contribution < -0.4 is 10.6 Å². The number of nitrogens with one attached hydrogen (secondary N) is 2. The largest absolute Gasteiger partial charge is 0.451 e. The highest BCUT2D eigenvalue weighted by Crippen LogP contribution is 2.19. The fourth-order valence-corrected chi connectivity index (χ4v) is 3.66. The number of carbonyl (C=O) groups is 5. The van der Waals surface area contributed by atoms with Gasteiger partial charge in [-0.15, -0.1) is 0 Å². The number of amides is 5. The van der Waals surface area contributed by atoms with Crippen molar-refractivity contribution in [3.63, 3.8) is 0 Å². The smallest absolute Gasteiger partial charge is 0.326 e. The van der Waals surface area contributed by atoms with Gasteiger partial charge in [-0.05, 0) is 31.4 Å². The molecule has 1 fully saturated rings. The average Bonchev–Trinajstić information content (AvgIpc) is 2.71. The summed E-state index contributed by atoms with van der Waals surface area (Å²) >= 11 is 0. The van der Waals surface area contributed by atoms with Gasteiger partial charge in [-0.1, -0.05) is 37.5 Å². The first-order chi connectivity index (χ1) is 14.3. The maximum atomic E-state index is 12.5. The molecule has 160 valence electrons. The predicted molar refractivity (Wildman–Crippen MR) is 105 cm³/mol. The summed E-state index contributed by atoms with van der Waals surface area (Å²) in [6, 6.07) is 6.08. The van der Waals surface area contributed by atoms with E-state index in [4.69, 9.17) is 4.74 Å². The quantitative estimate of drug-likeness (QED) is 0.552. The van der Waals surface area contributed by atoms with Crippen LogP contribution in [0.25, 0.3) is 0 Å². The highest BCUT2D eigenvalue weighted by atomic mass is 16.5. The molecular weight excluding hydrogens is 390 g/mol. The van der Waals surface area contributed by atoms with Crippen molar-refractivity contribution in [1.29, 1.82) is 0 Å². The SMILES string of the molecule is C[C@@H](OC(=O)CN1C(=O)Cc2ccccc2C1=O)C(=O)NC(=O)NC1CCCCC1. The van der Waals surface area contributed by atoms with Gasteiger partial charge in [0.25, 0.3) is 11.8 Å². The van der Waals surface area contributed by atoms with E-state index >= 15 is 0 Å². The number of rotatable bonds is 5. The first-order valence-corrected chi connectivity index (χ1v) is 10.1. The van der Waals surface area contributed by atoms with Crippen molar-refractivity contribution in [2.24, 2.45) is 0 Å². The monoisotopic (exact) mass is 415 g/mol. The Morgan fingerprint density at radius 1 is 1.13 bits per heavy atom.